The molecule has 1 saturated heterocycles. The van der Waals surface area contributed by atoms with E-state index in [0.29, 0.717) is 5.56 Å². The number of carbonyl (C=O) groups is 1. The molecule has 2 heterocycles. The number of hydrogen-bond donors (Lipinski definition) is 0. The molecule has 4 heteroatoms. The van der Waals surface area contributed by atoms with E-state index in [0.717, 1.165) is 25.9 Å². The van der Waals surface area contributed by atoms with Gasteiger partial charge in [-0.3, -0.25) is 4.79 Å². The second-order valence-electron chi connectivity index (χ2n) is 3.62. The van der Waals surface area contributed by atoms with E-state index in [2.05, 4.69) is 9.68 Å². The maximum atomic E-state index is 11.8. The Bertz CT molecular complexity index is 287. The summed E-state index contributed by atoms with van der Waals surface area (Å²) in [5.41, 5.74) is 0.562. The Balaban J connectivity index is 2.03. The van der Waals surface area contributed by atoms with Gasteiger partial charge in [-0.25, -0.2) is 0 Å². The van der Waals surface area contributed by atoms with Crippen molar-refractivity contribution in [2.45, 2.75) is 25.7 Å². The van der Waals surface area contributed by atoms with Crippen molar-refractivity contribution in [1.29, 1.82) is 0 Å². The number of amides is 1. The first-order chi connectivity index (χ1) is 6.88. The Kier molecular flexibility index (Phi) is 2.81. The number of likely N-dealkylation sites (tertiary alicyclic amines) is 1. The predicted octanol–water partition coefficient (Wildman–Crippen LogP) is 1.69. The van der Waals surface area contributed by atoms with Crippen LogP contribution < -0.4 is 0 Å². The van der Waals surface area contributed by atoms with Crippen LogP contribution in [-0.4, -0.2) is 29.1 Å². The van der Waals surface area contributed by atoms with Crippen molar-refractivity contribution in [3.05, 3.63) is 18.0 Å². The lowest BCUT2D eigenvalue weighted by Crippen LogP contribution is -2.31. The third-order valence-electron chi connectivity index (χ3n) is 2.57. The van der Waals surface area contributed by atoms with Gasteiger partial charge in [0.05, 0.1) is 11.8 Å². The Morgan fingerprint density at radius 3 is 2.57 bits per heavy atom. The molecule has 1 aliphatic rings. The van der Waals surface area contributed by atoms with Gasteiger partial charge in [0.2, 0.25) is 0 Å². The molecular formula is C10H14N2O2. The van der Waals surface area contributed by atoms with Gasteiger partial charge in [0, 0.05) is 13.1 Å². The summed E-state index contributed by atoms with van der Waals surface area (Å²) in [5, 5.41) is 3.54. The third kappa shape index (κ3) is 1.95. The zero-order chi connectivity index (χ0) is 9.80. The molecule has 1 amide bonds. The number of aromatic nitrogens is 1. The van der Waals surface area contributed by atoms with Gasteiger partial charge in [-0.2, -0.15) is 0 Å². The number of nitrogens with zero attached hydrogens (tertiary/aromatic N) is 2. The minimum Gasteiger partial charge on any atom is -0.364 e. The standard InChI is InChI=1S/C10H14N2O2/c13-10(9-7-11-14-8-9)12-5-3-1-2-4-6-12/h7-8H,1-6H2. The summed E-state index contributed by atoms with van der Waals surface area (Å²) < 4.78 is 4.66. The van der Waals surface area contributed by atoms with Crippen LogP contribution in [0, 0.1) is 0 Å². The summed E-state index contributed by atoms with van der Waals surface area (Å²) in [6, 6.07) is 0. The van der Waals surface area contributed by atoms with Gasteiger partial charge < -0.3 is 9.42 Å². The molecule has 0 aromatic carbocycles. The molecule has 1 aromatic rings. The van der Waals surface area contributed by atoms with Gasteiger partial charge in [0.15, 0.2) is 0 Å². The van der Waals surface area contributed by atoms with E-state index in [1.54, 1.807) is 0 Å². The van der Waals surface area contributed by atoms with Gasteiger partial charge in [-0.05, 0) is 12.8 Å². The summed E-state index contributed by atoms with van der Waals surface area (Å²) in [5.74, 6) is 0.0492. The summed E-state index contributed by atoms with van der Waals surface area (Å²) >= 11 is 0. The molecule has 0 unspecified atom stereocenters. The van der Waals surface area contributed by atoms with Crippen molar-refractivity contribution in [2.75, 3.05) is 13.1 Å². The molecule has 0 saturated carbocycles. The fraction of sp³-hybridized carbons (Fsp3) is 0.600. The van der Waals surface area contributed by atoms with Gasteiger partial charge in [-0.15, -0.1) is 0 Å². The van der Waals surface area contributed by atoms with Gasteiger partial charge in [0.25, 0.3) is 5.91 Å². The SMILES string of the molecule is O=C(c1cnoc1)N1CCCCCC1. The van der Waals surface area contributed by atoms with Crippen molar-refractivity contribution < 1.29 is 9.32 Å². The Morgan fingerprint density at radius 1 is 1.29 bits per heavy atom. The highest BCUT2D eigenvalue weighted by Crippen LogP contribution is 2.12. The Labute approximate surface area is 82.9 Å². The topological polar surface area (TPSA) is 46.3 Å². The Hall–Kier alpha value is -1.32. The molecule has 0 spiro atoms. The summed E-state index contributed by atoms with van der Waals surface area (Å²) in [4.78, 5) is 13.7. The molecule has 0 atom stereocenters. The lowest BCUT2D eigenvalue weighted by molar-refractivity contribution is 0.0761. The van der Waals surface area contributed by atoms with Crippen LogP contribution in [0.3, 0.4) is 0 Å². The molecule has 0 N–H and O–H groups in total. The highest BCUT2D eigenvalue weighted by molar-refractivity contribution is 5.93. The molecule has 0 aliphatic carbocycles. The van der Waals surface area contributed by atoms with E-state index in [1.165, 1.54) is 25.3 Å². The fourth-order valence-electron chi connectivity index (χ4n) is 1.77. The maximum absolute atomic E-state index is 11.8. The van der Waals surface area contributed by atoms with E-state index in [1.807, 2.05) is 4.90 Å². The molecule has 76 valence electrons. The smallest absolute Gasteiger partial charge is 0.258 e. The van der Waals surface area contributed by atoms with Crippen LogP contribution in [0.15, 0.2) is 17.0 Å². The lowest BCUT2D eigenvalue weighted by atomic mass is 10.2. The number of rotatable bonds is 1. The highest BCUT2D eigenvalue weighted by Gasteiger charge is 2.18. The summed E-state index contributed by atoms with van der Waals surface area (Å²) in [6.07, 6.45) is 7.56. The first-order valence-electron chi connectivity index (χ1n) is 5.06. The van der Waals surface area contributed by atoms with E-state index in [-0.39, 0.29) is 5.91 Å². The van der Waals surface area contributed by atoms with Crippen LogP contribution in [-0.2, 0) is 0 Å². The molecule has 1 aliphatic heterocycles. The van der Waals surface area contributed by atoms with E-state index in [4.69, 9.17) is 0 Å². The van der Waals surface area contributed by atoms with Crippen LogP contribution in [0.4, 0.5) is 0 Å². The quantitative estimate of drug-likeness (QED) is 0.683. The molecule has 1 aromatic heterocycles. The fourth-order valence-corrected chi connectivity index (χ4v) is 1.77. The molecule has 0 bridgehead atoms. The first kappa shape index (κ1) is 9.24. The zero-order valence-electron chi connectivity index (χ0n) is 8.11. The molecule has 1 fully saturated rings. The monoisotopic (exact) mass is 194 g/mol. The second kappa shape index (κ2) is 4.26. The van der Waals surface area contributed by atoms with Gasteiger partial charge in [0.1, 0.15) is 6.26 Å². The van der Waals surface area contributed by atoms with Crippen molar-refractivity contribution in [3.8, 4) is 0 Å². The highest BCUT2D eigenvalue weighted by atomic mass is 16.5. The predicted molar refractivity (Wildman–Crippen MR) is 50.9 cm³/mol. The molecular weight excluding hydrogens is 180 g/mol. The summed E-state index contributed by atoms with van der Waals surface area (Å²) in [6.45, 7) is 1.73. The van der Waals surface area contributed by atoms with Crippen LogP contribution >= 0.6 is 0 Å². The summed E-state index contributed by atoms with van der Waals surface area (Å²) in [7, 11) is 0. The van der Waals surface area contributed by atoms with Gasteiger partial charge >= 0.3 is 0 Å². The number of hydrogen-bond acceptors (Lipinski definition) is 3. The van der Waals surface area contributed by atoms with E-state index < -0.39 is 0 Å². The maximum Gasteiger partial charge on any atom is 0.258 e. The van der Waals surface area contributed by atoms with Crippen molar-refractivity contribution in [1.82, 2.24) is 10.1 Å². The van der Waals surface area contributed by atoms with E-state index in [9.17, 15) is 4.79 Å². The van der Waals surface area contributed by atoms with Crippen LogP contribution in [0.1, 0.15) is 36.0 Å². The average molecular weight is 194 g/mol. The van der Waals surface area contributed by atoms with Crippen LogP contribution in [0.25, 0.3) is 0 Å². The second-order valence-corrected chi connectivity index (χ2v) is 3.62. The third-order valence-corrected chi connectivity index (χ3v) is 2.57. The van der Waals surface area contributed by atoms with Crippen LogP contribution in [0.5, 0.6) is 0 Å². The van der Waals surface area contributed by atoms with Crippen molar-refractivity contribution in [2.24, 2.45) is 0 Å². The number of carbonyl (C=O) groups excluding carboxylic acids is 1. The largest absolute Gasteiger partial charge is 0.364 e. The average Bonchev–Trinajstić information content (AvgIpc) is 2.59. The van der Waals surface area contributed by atoms with E-state index >= 15 is 0 Å². The normalized spacial score (nSPS) is 17.9. The zero-order valence-corrected chi connectivity index (χ0v) is 8.11. The first-order valence-corrected chi connectivity index (χ1v) is 5.06. The van der Waals surface area contributed by atoms with Gasteiger partial charge in [-0.1, -0.05) is 18.0 Å². The minimum atomic E-state index is 0.0492. The molecule has 4 nitrogen and oxygen atoms in total. The van der Waals surface area contributed by atoms with Crippen molar-refractivity contribution in [3.63, 3.8) is 0 Å². The minimum absolute atomic E-state index is 0.0492. The van der Waals surface area contributed by atoms with Crippen LogP contribution in [0.2, 0.25) is 0 Å². The molecule has 14 heavy (non-hydrogen) atoms. The molecule has 0 radical (unpaired) electrons. The lowest BCUT2D eigenvalue weighted by Gasteiger charge is -2.18. The Morgan fingerprint density at radius 2 is 2.00 bits per heavy atom. The molecule has 2 rings (SSSR count). The van der Waals surface area contributed by atoms with Crippen molar-refractivity contribution >= 4 is 5.91 Å².